The summed E-state index contributed by atoms with van der Waals surface area (Å²) in [5.41, 5.74) is 0.410. The van der Waals surface area contributed by atoms with Gasteiger partial charge < -0.3 is 0 Å². The zero-order chi connectivity index (χ0) is 10.6. The summed E-state index contributed by atoms with van der Waals surface area (Å²) in [5.74, 6) is -0.765. The molecule has 0 heterocycles. The number of hydrogen-bond donors (Lipinski definition) is 0. The highest BCUT2D eigenvalue weighted by atomic mass is 35.5. The molecule has 0 amide bonds. The molecule has 1 aromatic carbocycles. The van der Waals surface area contributed by atoms with Gasteiger partial charge in [-0.25, -0.2) is 0 Å². The van der Waals surface area contributed by atoms with Gasteiger partial charge in [-0.1, -0.05) is 18.5 Å². The predicted molar refractivity (Wildman–Crippen MR) is 55.7 cm³/mol. The predicted octanol–water partition coefficient (Wildman–Crippen LogP) is 2.89. The topological polar surface area (TPSA) is 34.1 Å². The molecule has 14 heavy (non-hydrogen) atoms. The van der Waals surface area contributed by atoms with Crippen molar-refractivity contribution in [2.24, 2.45) is 0 Å². The highest BCUT2D eigenvalue weighted by molar-refractivity contribution is 6.43. The largest absolute Gasteiger partial charge is 0.290 e. The Hall–Kier alpha value is -1.15. The maximum atomic E-state index is 11.5. The average molecular weight is 211 g/mol. The summed E-state index contributed by atoms with van der Waals surface area (Å²) in [4.78, 5) is 22.7. The second kappa shape index (κ2) is 4.91. The van der Waals surface area contributed by atoms with Crippen LogP contribution in [0.15, 0.2) is 24.3 Å². The Balaban J connectivity index is 2.79. The fraction of sp³-hybridized carbons (Fsp3) is 0.273. The van der Waals surface area contributed by atoms with Gasteiger partial charge in [-0.05, 0) is 30.7 Å². The van der Waals surface area contributed by atoms with E-state index in [0.29, 0.717) is 23.4 Å². The van der Waals surface area contributed by atoms with E-state index in [1.54, 1.807) is 24.3 Å². The van der Waals surface area contributed by atoms with Crippen molar-refractivity contribution in [3.05, 3.63) is 34.9 Å². The van der Waals surface area contributed by atoms with Crippen LogP contribution in [0.1, 0.15) is 30.1 Å². The molecule has 74 valence electrons. The van der Waals surface area contributed by atoms with Crippen LogP contribution in [-0.2, 0) is 4.79 Å². The summed E-state index contributed by atoms with van der Waals surface area (Å²) in [7, 11) is 0. The van der Waals surface area contributed by atoms with E-state index in [2.05, 4.69) is 0 Å². The van der Waals surface area contributed by atoms with E-state index in [-0.39, 0.29) is 5.78 Å². The van der Waals surface area contributed by atoms with E-state index in [4.69, 9.17) is 11.6 Å². The van der Waals surface area contributed by atoms with Crippen LogP contribution in [0.25, 0.3) is 0 Å². The molecule has 1 aromatic rings. The maximum Gasteiger partial charge on any atom is 0.228 e. The minimum absolute atomic E-state index is 0.307. The zero-order valence-corrected chi connectivity index (χ0v) is 8.67. The van der Waals surface area contributed by atoms with Crippen LogP contribution in [0.5, 0.6) is 0 Å². The SMILES string of the molecule is CCCC(=O)C(=O)c1ccc(Cl)cc1. The van der Waals surface area contributed by atoms with E-state index in [1.165, 1.54) is 0 Å². The number of rotatable bonds is 4. The lowest BCUT2D eigenvalue weighted by Crippen LogP contribution is -2.13. The van der Waals surface area contributed by atoms with Crippen molar-refractivity contribution in [2.75, 3.05) is 0 Å². The minimum Gasteiger partial charge on any atom is -0.290 e. The molecule has 0 aliphatic carbocycles. The third-order valence-electron chi connectivity index (χ3n) is 1.84. The minimum atomic E-state index is -0.427. The van der Waals surface area contributed by atoms with Crippen LogP contribution in [0.2, 0.25) is 5.02 Å². The molecule has 0 spiro atoms. The Morgan fingerprint density at radius 3 is 2.29 bits per heavy atom. The molecule has 0 bridgehead atoms. The summed E-state index contributed by atoms with van der Waals surface area (Å²) in [6, 6.07) is 6.35. The summed E-state index contributed by atoms with van der Waals surface area (Å²) in [6.07, 6.45) is 1.000. The van der Waals surface area contributed by atoms with Gasteiger partial charge >= 0.3 is 0 Å². The third kappa shape index (κ3) is 2.67. The summed E-state index contributed by atoms with van der Waals surface area (Å²) in [6.45, 7) is 1.87. The van der Waals surface area contributed by atoms with Gasteiger partial charge in [-0.2, -0.15) is 0 Å². The van der Waals surface area contributed by atoms with Crippen LogP contribution in [-0.4, -0.2) is 11.6 Å². The number of carbonyl (C=O) groups is 2. The van der Waals surface area contributed by atoms with Crippen molar-refractivity contribution in [1.82, 2.24) is 0 Å². The number of Topliss-reactive ketones (excluding diaryl/α,β-unsaturated/α-hetero) is 2. The molecule has 0 N–H and O–H groups in total. The molecular weight excluding hydrogens is 200 g/mol. The first-order valence-corrected chi connectivity index (χ1v) is 4.86. The fourth-order valence-electron chi connectivity index (χ4n) is 1.10. The van der Waals surface area contributed by atoms with E-state index in [0.717, 1.165) is 0 Å². The average Bonchev–Trinajstić information content (AvgIpc) is 2.18. The fourth-order valence-corrected chi connectivity index (χ4v) is 1.23. The molecule has 0 aliphatic heterocycles. The van der Waals surface area contributed by atoms with E-state index >= 15 is 0 Å². The Kier molecular flexibility index (Phi) is 3.84. The molecule has 0 saturated heterocycles. The van der Waals surface area contributed by atoms with Crippen molar-refractivity contribution in [3.8, 4) is 0 Å². The van der Waals surface area contributed by atoms with Gasteiger partial charge in [-0.15, -0.1) is 0 Å². The second-order valence-corrected chi connectivity index (χ2v) is 3.45. The number of benzene rings is 1. The van der Waals surface area contributed by atoms with Gasteiger partial charge in [0.25, 0.3) is 0 Å². The number of ketones is 2. The maximum absolute atomic E-state index is 11.5. The number of carbonyl (C=O) groups excluding carboxylic acids is 2. The lowest BCUT2D eigenvalue weighted by Gasteiger charge is -1.98. The Bertz CT molecular complexity index is 341. The first-order valence-electron chi connectivity index (χ1n) is 4.48. The van der Waals surface area contributed by atoms with E-state index in [9.17, 15) is 9.59 Å². The molecule has 3 heteroatoms. The molecule has 0 atom stereocenters. The van der Waals surface area contributed by atoms with E-state index in [1.807, 2.05) is 6.92 Å². The van der Waals surface area contributed by atoms with Gasteiger partial charge in [0, 0.05) is 17.0 Å². The normalized spacial score (nSPS) is 9.86. The van der Waals surface area contributed by atoms with Gasteiger partial charge in [0.05, 0.1) is 0 Å². The van der Waals surface area contributed by atoms with Crippen LogP contribution in [0.4, 0.5) is 0 Å². The quantitative estimate of drug-likeness (QED) is 0.566. The molecule has 1 rings (SSSR count). The van der Waals surface area contributed by atoms with Crippen LogP contribution < -0.4 is 0 Å². The van der Waals surface area contributed by atoms with Gasteiger partial charge in [0.15, 0.2) is 0 Å². The highest BCUT2D eigenvalue weighted by Crippen LogP contribution is 2.11. The molecule has 2 nitrogen and oxygen atoms in total. The monoisotopic (exact) mass is 210 g/mol. The number of halogens is 1. The van der Waals surface area contributed by atoms with Crippen molar-refractivity contribution in [3.63, 3.8) is 0 Å². The van der Waals surface area contributed by atoms with Crippen LogP contribution >= 0.6 is 11.6 Å². The number of hydrogen-bond acceptors (Lipinski definition) is 2. The Morgan fingerprint density at radius 2 is 1.79 bits per heavy atom. The lowest BCUT2D eigenvalue weighted by molar-refractivity contribution is -0.115. The standard InChI is InChI=1S/C11H11ClO2/c1-2-3-10(13)11(14)8-4-6-9(12)7-5-8/h4-7H,2-3H2,1H3. The smallest absolute Gasteiger partial charge is 0.228 e. The summed E-state index contributed by atoms with van der Waals surface area (Å²) in [5, 5.41) is 0.560. The van der Waals surface area contributed by atoms with Gasteiger partial charge in [0.1, 0.15) is 0 Å². The Morgan fingerprint density at radius 1 is 1.21 bits per heavy atom. The van der Waals surface area contributed by atoms with E-state index < -0.39 is 5.78 Å². The molecule has 0 aromatic heterocycles. The van der Waals surface area contributed by atoms with Crippen LogP contribution in [0.3, 0.4) is 0 Å². The first kappa shape index (κ1) is 10.9. The highest BCUT2D eigenvalue weighted by Gasteiger charge is 2.14. The van der Waals surface area contributed by atoms with Crippen molar-refractivity contribution < 1.29 is 9.59 Å². The molecule has 0 unspecified atom stereocenters. The zero-order valence-electron chi connectivity index (χ0n) is 7.92. The molecule has 0 radical (unpaired) electrons. The van der Waals surface area contributed by atoms with Gasteiger partial charge in [0.2, 0.25) is 11.6 Å². The lowest BCUT2D eigenvalue weighted by atomic mass is 10.0. The van der Waals surface area contributed by atoms with Crippen molar-refractivity contribution >= 4 is 23.2 Å². The second-order valence-electron chi connectivity index (χ2n) is 3.01. The van der Waals surface area contributed by atoms with Crippen LogP contribution in [0, 0.1) is 0 Å². The molecular formula is C11H11ClO2. The van der Waals surface area contributed by atoms with Gasteiger partial charge in [-0.3, -0.25) is 9.59 Å². The molecule has 0 saturated carbocycles. The molecule has 0 aliphatic rings. The van der Waals surface area contributed by atoms with Crippen molar-refractivity contribution in [2.45, 2.75) is 19.8 Å². The third-order valence-corrected chi connectivity index (χ3v) is 2.09. The summed E-state index contributed by atoms with van der Waals surface area (Å²) < 4.78 is 0. The molecule has 0 fully saturated rings. The first-order chi connectivity index (χ1) is 6.65. The Labute approximate surface area is 87.9 Å². The summed E-state index contributed by atoms with van der Waals surface area (Å²) >= 11 is 5.66. The van der Waals surface area contributed by atoms with Crippen molar-refractivity contribution in [1.29, 1.82) is 0 Å².